The number of hydrogen-bond donors (Lipinski definition) is 0. The highest BCUT2D eigenvalue weighted by Gasteiger charge is 2.23. The van der Waals surface area contributed by atoms with Gasteiger partial charge in [-0.15, -0.1) is 0 Å². The van der Waals surface area contributed by atoms with E-state index in [1.165, 1.54) is 0 Å². The molecule has 11 aromatic heterocycles. The Morgan fingerprint density at radius 3 is 0.500 bits per heavy atom. The van der Waals surface area contributed by atoms with E-state index in [2.05, 4.69) is 224 Å². The van der Waals surface area contributed by atoms with Crippen LogP contribution >= 0.6 is 0 Å². The lowest BCUT2D eigenvalue weighted by Gasteiger charge is -2.15. The highest BCUT2D eigenvalue weighted by molar-refractivity contribution is 5.98. The SMILES string of the molecule is c1ccc2ncc(-c3cc(-c4cc(-c5cc(-c6cnc7ccccc7c6)cc(-c6cnc7ccccc7c6)c5)cc(-c5nc6ccccc6o5)c4)cc(-c4cnc5ccccc5c4)c3)cc2c1.c1ccc2ncc(-c3cc(-c4cnc5ccccc5c4)cc(-c4cc(-c5nc6ccccc6o5)cc(-c5cc(-c6cnc7ccccc7c6)cc(-c6cnc7ccccc7c6)c5)n4)c3)cc2c1. The smallest absolute Gasteiger partial charge is 0.227 e. The molecule has 0 N–H and O–H groups in total. The summed E-state index contributed by atoms with van der Waals surface area (Å²) in [6.07, 6.45) is 15.7. The van der Waals surface area contributed by atoms with Crippen molar-refractivity contribution in [3.8, 4) is 157 Å². The van der Waals surface area contributed by atoms with Crippen molar-refractivity contribution in [2.45, 2.75) is 0 Å². The Bertz CT molecular complexity index is 7790. The second-order valence-electron chi connectivity index (χ2n) is 33.9. The number of rotatable bonds is 14. The van der Waals surface area contributed by atoms with Crippen LogP contribution in [0.4, 0.5) is 0 Å². The number of fused-ring (bicyclic) bond motifs is 10. The predicted octanol–water partition coefficient (Wildman–Crippen LogP) is 30.8. The van der Waals surface area contributed by atoms with Gasteiger partial charge in [-0.25, -0.2) is 15.0 Å². The van der Waals surface area contributed by atoms with E-state index in [1.54, 1.807) is 0 Å². The third-order valence-electron chi connectivity index (χ3n) is 25.2. The molecule has 0 atom stereocenters. The number of aromatic nitrogens is 11. The van der Waals surface area contributed by atoms with Crippen molar-refractivity contribution in [2.24, 2.45) is 0 Å². The van der Waals surface area contributed by atoms with Gasteiger partial charge in [0.15, 0.2) is 11.2 Å². The summed E-state index contributed by atoms with van der Waals surface area (Å²) in [5, 5.41) is 8.59. The lowest BCUT2D eigenvalue weighted by atomic mass is 9.89. The lowest BCUT2D eigenvalue weighted by molar-refractivity contribution is 0.619. The molecule has 624 valence electrons. The van der Waals surface area contributed by atoms with Crippen LogP contribution in [0.2, 0.25) is 0 Å². The zero-order chi connectivity index (χ0) is 88.5. The molecular weight excluding hydrogens is 1640 g/mol. The monoisotopic (exact) mass is 1710 g/mol. The average molecular weight is 1710 g/mol. The molecule has 0 aliphatic heterocycles. The fraction of sp³-hybridized carbons (Fsp3) is 0. The first-order chi connectivity index (χ1) is 66.2. The van der Waals surface area contributed by atoms with Crippen LogP contribution in [0.15, 0.2) is 453 Å². The molecule has 26 rings (SSSR count). The van der Waals surface area contributed by atoms with E-state index in [1.807, 2.05) is 219 Å². The van der Waals surface area contributed by atoms with Gasteiger partial charge in [-0.2, -0.15) is 0 Å². The first kappa shape index (κ1) is 78.0. The molecule has 0 saturated heterocycles. The maximum atomic E-state index is 6.53. The van der Waals surface area contributed by atoms with Gasteiger partial charge in [0.1, 0.15) is 11.0 Å². The summed E-state index contributed by atoms with van der Waals surface area (Å²) in [6, 6.07) is 137. The third kappa shape index (κ3) is 15.2. The van der Waals surface area contributed by atoms with Gasteiger partial charge in [-0.05, 0) is 291 Å². The summed E-state index contributed by atoms with van der Waals surface area (Å²) in [6.45, 7) is 0. The van der Waals surface area contributed by atoms with Gasteiger partial charge in [0.25, 0.3) is 0 Å². The number of benzene rings is 15. The van der Waals surface area contributed by atoms with E-state index in [0.717, 1.165) is 249 Å². The van der Waals surface area contributed by atoms with Gasteiger partial charge in [0, 0.05) is 159 Å². The zero-order valence-electron chi connectivity index (χ0n) is 71.9. The Hall–Kier alpha value is -18.3. The van der Waals surface area contributed by atoms with E-state index in [-0.39, 0.29) is 0 Å². The summed E-state index contributed by atoms with van der Waals surface area (Å²) in [7, 11) is 0. The van der Waals surface area contributed by atoms with Crippen molar-refractivity contribution in [3.05, 3.63) is 444 Å². The molecule has 0 saturated carbocycles. The number of oxazole rings is 2. The Morgan fingerprint density at radius 1 is 0.127 bits per heavy atom. The summed E-state index contributed by atoms with van der Waals surface area (Å²) in [4.78, 5) is 54.6. The molecule has 26 aromatic rings. The summed E-state index contributed by atoms with van der Waals surface area (Å²) < 4.78 is 13.0. The van der Waals surface area contributed by atoms with E-state index in [0.29, 0.717) is 17.4 Å². The molecule has 11 heterocycles. The van der Waals surface area contributed by atoms with Gasteiger partial charge >= 0.3 is 0 Å². The van der Waals surface area contributed by atoms with Crippen LogP contribution in [0.1, 0.15) is 0 Å². The van der Waals surface area contributed by atoms with Crippen molar-refractivity contribution in [1.82, 2.24) is 54.8 Å². The normalized spacial score (nSPS) is 11.6. The second-order valence-corrected chi connectivity index (χ2v) is 33.9. The van der Waals surface area contributed by atoms with Crippen LogP contribution in [0, 0.1) is 0 Å². The molecule has 0 spiro atoms. The summed E-state index contributed by atoms with van der Waals surface area (Å²) in [5.74, 6) is 1.06. The first-order valence-corrected chi connectivity index (χ1v) is 44.5. The van der Waals surface area contributed by atoms with Crippen molar-refractivity contribution in [3.63, 3.8) is 0 Å². The summed E-state index contributed by atoms with van der Waals surface area (Å²) >= 11 is 0. The minimum absolute atomic E-state index is 0.508. The van der Waals surface area contributed by atoms with E-state index in [9.17, 15) is 0 Å². The van der Waals surface area contributed by atoms with Gasteiger partial charge in [0.05, 0.1) is 55.5 Å². The van der Waals surface area contributed by atoms with Crippen LogP contribution in [0.25, 0.3) is 266 Å². The van der Waals surface area contributed by atoms with Crippen LogP contribution in [0.5, 0.6) is 0 Å². The molecule has 0 unspecified atom stereocenters. The molecule has 0 bridgehead atoms. The molecule has 0 aliphatic rings. The molecule has 0 radical (unpaired) electrons. The summed E-state index contributed by atoms with van der Waals surface area (Å²) in [5.41, 5.74) is 36.0. The maximum Gasteiger partial charge on any atom is 0.227 e. The Labute approximate surface area is 768 Å². The number of pyridine rings is 9. The van der Waals surface area contributed by atoms with Crippen molar-refractivity contribution >= 4 is 109 Å². The van der Waals surface area contributed by atoms with Gasteiger partial charge < -0.3 is 8.83 Å². The van der Waals surface area contributed by atoms with Gasteiger partial charge in [-0.1, -0.05) is 170 Å². The topological polar surface area (TPSA) is 168 Å². The third-order valence-corrected chi connectivity index (χ3v) is 25.2. The second kappa shape index (κ2) is 33.1. The number of para-hydroxylation sites is 12. The molecule has 0 amide bonds. The molecular formula is C121H73N11O2. The van der Waals surface area contributed by atoms with Crippen molar-refractivity contribution in [1.29, 1.82) is 0 Å². The highest BCUT2D eigenvalue weighted by atomic mass is 16.4. The minimum Gasteiger partial charge on any atom is -0.436 e. The average Bonchev–Trinajstić information content (AvgIpc) is 1.06. The van der Waals surface area contributed by atoms with E-state index < -0.39 is 0 Å². The minimum atomic E-state index is 0.508. The standard InChI is InChI=1S/C61H37N5O.C60H36N6O/c1-5-15-55-38(11-1)21-51(34-62-55)46-26-42(27-47(30-46)52-22-39-12-2-6-16-56(39)63-35-52)44-25-45(33-50(32-44)61-66-59-19-9-10-20-60(59)67-61)43-28-48(53-23-40-13-3-7-17-57(40)64-36-53)31-49(29-43)54-24-41-14-4-8-18-58(41)65-37-54;1-5-15-52-37(11-1)21-48(33-61-52)41-25-42(49-22-38-12-2-6-16-53(38)62-34-49)28-45(27-41)57-31-47(60-66-56-19-9-10-20-59(56)67-60)32-58(65-57)46-29-43(50-23-39-13-3-7-17-54(39)63-35-50)26-44(30-46)51-24-40-14-4-8-18-55(40)64-36-51/h1-37H;1-36H. The fourth-order valence-corrected chi connectivity index (χ4v) is 18.3. The fourth-order valence-electron chi connectivity index (χ4n) is 18.3. The lowest BCUT2D eigenvalue weighted by Crippen LogP contribution is -1.95. The molecule has 15 aromatic carbocycles. The van der Waals surface area contributed by atoms with Crippen molar-refractivity contribution in [2.75, 3.05) is 0 Å². The predicted molar refractivity (Wildman–Crippen MR) is 544 cm³/mol. The van der Waals surface area contributed by atoms with E-state index in [4.69, 9.17) is 63.7 Å². The Morgan fingerprint density at radius 2 is 0.291 bits per heavy atom. The molecule has 0 aliphatic carbocycles. The zero-order valence-corrected chi connectivity index (χ0v) is 71.9. The highest BCUT2D eigenvalue weighted by Crippen LogP contribution is 2.45. The van der Waals surface area contributed by atoms with Crippen LogP contribution in [-0.2, 0) is 0 Å². The maximum absolute atomic E-state index is 6.53. The quantitative estimate of drug-likeness (QED) is 0.101. The Balaban J connectivity index is 0.000000143. The molecule has 13 heteroatoms. The molecule has 134 heavy (non-hydrogen) atoms. The van der Waals surface area contributed by atoms with Crippen LogP contribution in [0.3, 0.4) is 0 Å². The van der Waals surface area contributed by atoms with E-state index >= 15 is 0 Å². The number of hydrogen-bond acceptors (Lipinski definition) is 13. The van der Waals surface area contributed by atoms with Crippen LogP contribution in [-0.4, -0.2) is 54.8 Å². The van der Waals surface area contributed by atoms with Gasteiger partial charge in [-0.3, -0.25) is 39.9 Å². The number of nitrogens with zero attached hydrogens (tertiary/aromatic N) is 11. The first-order valence-electron chi connectivity index (χ1n) is 44.5. The largest absolute Gasteiger partial charge is 0.436 e. The molecule has 13 nitrogen and oxygen atoms in total. The van der Waals surface area contributed by atoms with Crippen molar-refractivity contribution < 1.29 is 8.83 Å². The Kier molecular flexibility index (Phi) is 19.2. The van der Waals surface area contributed by atoms with Crippen LogP contribution < -0.4 is 0 Å². The molecule has 0 fully saturated rings. The van der Waals surface area contributed by atoms with Gasteiger partial charge in [0.2, 0.25) is 11.8 Å².